The van der Waals surface area contributed by atoms with Crippen LogP contribution < -0.4 is 15.8 Å². The smallest absolute Gasteiger partial charge is 0.224 e. The van der Waals surface area contributed by atoms with Gasteiger partial charge in [0.2, 0.25) is 5.91 Å². The number of amides is 1. The molecule has 0 saturated carbocycles. The predicted molar refractivity (Wildman–Crippen MR) is 78.3 cm³/mol. The molecule has 0 spiro atoms. The Balaban J connectivity index is 2.53. The fourth-order valence-corrected chi connectivity index (χ4v) is 1.75. The Morgan fingerprint density at radius 1 is 1.42 bits per heavy atom. The molecule has 1 atom stereocenters. The van der Waals surface area contributed by atoms with Crippen LogP contribution in [0.2, 0.25) is 0 Å². The Morgan fingerprint density at radius 2 is 2.21 bits per heavy atom. The van der Waals surface area contributed by atoms with Gasteiger partial charge in [0.15, 0.2) is 0 Å². The van der Waals surface area contributed by atoms with Gasteiger partial charge in [-0.2, -0.15) is 0 Å². The van der Waals surface area contributed by atoms with Gasteiger partial charge in [0.05, 0.1) is 6.61 Å². The average Bonchev–Trinajstić information content (AvgIpc) is 2.43. The molecule has 4 heteroatoms. The molecule has 1 unspecified atom stereocenters. The van der Waals surface area contributed by atoms with Gasteiger partial charge < -0.3 is 15.8 Å². The minimum absolute atomic E-state index is 0.00458. The lowest BCUT2D eigenvalue weighted by molar-refractivity contribution is -0.117. The van der Waals surface area contributed by atoms with E-state index in [1.807, 2.05) is 31.2 Å². The van der Waals surface area contributed by atoms with Crippen molar-refractivity contribution >= 4 is 11.6 Å². The minimum atomic E-state index is 0.00458. The third-order valence-electron chi connectivity index (χ3n) is 2.98. The average molecular weight is 264 g/mol. The molecule has 0 aliphatic rings. The first-order valence-corrected chi connectivity index (χ1v) is 6.92. The highest BCUT2D eigenvalue weighted by atomic mass is 16.5. The van der Waals surface area contributed by atoms with Crippen LogP contribution in [0.1, 0.15) is 33.1 Å². The van der Waals surface area contributed by atoms with Gasteiger partial charge >= 0.3 is 0 Å². The van der Waals surface area contributed by atoms with E-state index < -0.39 is 0 Å². The molecule has 0 aliphatic carbocycles. The van der Waals surface area contributed by atoms with Gasteiger partial charge in [-0.3, -0.25) is 4.79 Å². The molecule has 0 aromatic heterocycles. The number of hydrogen-bond donors (Lipinski definition) is 2. The minimum Gasteiger partial charge on any atom is -0.494 e. The van der Waals surface area contributed by atoms with Crippen molar-refractivity contribution in [2.24, 2.45) is 11.7 Å². The number of anilines is 1. The van der Waals surface area contributed by atoms with E-state index in [1.54, 1.807) is 0 Å². The SMILES string of the molecule is CCCOc1cccc(NC(=O)CC(CC)CN)c1. The van der Waals surface area contributed by atoms with Crippen molar-refractivity contribution in [3.05, 3.63) is 24.3 Å². The Labute approximate surface area is 115 Å². The second-order valence-corrected chi connectivity index (χ2v) is 4.64. The predicted octanol–water partition coefficient (Wildman–Crippen LogP) is 2.79. The van der Waals surface area contributed by atoms with Crippen LogP contribution in [0.15, 0.2) is 24.3 Å². The molecule has 4 nitrogen and oxygen atoms in total. The molecule has 1 aromatic rings. The van der Waals surface area contributed by atoms with Crippen LogP contribution in [0.25, 0.3) is 0 Å². The fourth-order valence-electron chi connectivity index (χ4n) is 1.75. The number of carbonyl (C=O) groups is 1. The zero-order valence-electron chi connectivity index (χ0n) is 11.8. The first-order chi connectivity index (χ1) is 9.19. The van der Waals surface area contributed by atoms with Crippen LogP contribution in [0.3, 0.4) is 0 Å². The van der Waals surface area contributed by atoms with E-state index in [9.17, 15) is 4.79 Å². The highest BCUT2D eigenvalue weighted by Crippen LogP contribution is 2.18. The van der Waals surface area contributed by atoms with Gasteiger partial charge in [-0.1, -0.05) is 26.3 Å². The number of nitrogens with one attached hydrogen (secondary N) is 1. The zero-order chi connectivity index (χ0) is 14.1. The molecule has 1 amide bonds. The van der Waals surface area contributed by atoms with Crippen molar-refractivity contribution in [3.63, 3.8) is 0 Å². The molecule has 0 heterocycles. The Hall–Kier alpha value is -1.55. The lowest BCUT2D eigenvalue weighted by atomic mass is 10.0. The van der Waals surface area contributed by atoms with Crippen molar-refractivity contribution in [1.82, 2.24) is 0 Å². The number of hydrogen-bond acceptors (Lipinski definition) is 3. The standard InChI is InChI=1S/C15H24N2O2/c1-3-8-19-14-7-5-6-13(10-14)17-15(18)9-12(4-2)11-16/h5-7,10,12H,3-4,8-9,11,16H2,1-2H3,(H,17,18). The monoisotopic (exact) mass is 264 g/mol. The van der Waals surface area contributed by atoms with E-state index in [0.29, 0.717) is 19.6 Å². The third-order valence-corrected chi connectivity index (χ3v) is 2.98. The second kappa shape index (κ2) is 8.53. The van der Waals surface area contributed by atoms with E-state index >= 15 is 0 Å². The Bertz CT molecular complexity index is 389. The summed E-state index contributed by atoms with van der Waals surface area (Å²) in [5.41, 5.74) is 6.37. The summed E-state index contributed by atoms with van der Waals surface area (Å²) >= 11 is 0. The van der Waals surface area contributed by atoms with Crippen LogP contribution in [0.4, 0.5) is 5.69 Å². The summed E-state index contributed by atoms with van der Waals surface area (Å²) in [5, 5.41) is 2.88. The van der Waals surface area contributed by atoms with Crippen molar-refractivity contribution in [3.8, 4) is 5.75 Å². The molecule has 1 rings (SSSR count). The third kappa shape index (κ3) is 5.75. The van der Waals surface area contributed by atoms with Gasteiger partial charge in [0.25, 0.3) is 0 Å². The highest BCUT2D eigenvalue weighted by Gasteiger charge is 2.10. The van der Waals surface area contributed by atoms with Crippen molar-refractivity contribution < 1.29 is 9.53 Å². The topological polar surface area (TPSA) is 64.3 Å². The van der Waals surface area contributed by atoms with Crippen LogP contribution in [0, 0.1) is 5.92 Å². The molecule has 0 saturated heterocycles. The maximum atomic E-state index is 11.9. The summed E-state index contributed by atoms with van der Waals surface area (Å²) in [5.74, 6) is 1.04. The van der Waals surface area contributed by atoms with Gasteiger partial charge in [0, 0.05) is 18.2 Å². The number of ether oxygens (including phenoxy) is 1. The zero-order valence-corrected chi connectivity index (χ0v) is 11.8. The highest BCUT2D eigenvalue weighted by molar-refractivity contribution is 5.91. The van der Waals surface area contributed by atoms with Crippen LogP contribution in [-0.2, 0) is 4.79 Å². The summed E-state index contributed by atoms with van der Waals surface area (Å²) in [4.78, 5) is 11.9. The van der Waals surface area contributed by atoms with E-state index in [0.717, 1.165) is 24.3 Å². The molecule has 106 valence electrons. The number of rotatable bonds is 8. The molecule has 3 N–H and O–H groups in total. The molecule has 0 aliphatic heterocycles. The van der Waals surface area contributed by atoms with Gasteiger partial charge in [-0.15, -0.1) is 0 Å². The molecule has 0 fully saturated rings. The Kier molecular flexibility index (Phi) is 6.97. The largest absolute Gasteiger partial charge is 0.494 e. The molecule has 1 aromatic carbocycles. The normalized spacial score (nSPS) is 11.9. The molecule has 19 heavy (non-hydrogen) atoms. The summed E-state index contributed by atoms with van der Waals surface area (Å²) in [7, 11) is 0. The number of benzene rings is 1. The van der Waals surface area contributed by atoms with Crippen molar-refractivity contribution in [2.45, 2.75) is 33.1 Å². The number of carbonyl (C=O) groups excluding carboxylic acids is 1. The van der Waals surface area contributed by atoms with Gasteiger partial charge in [0.1, 0.15) is 5.75 Å². The van der Waals surface area contributed by atoms with Gasteiger partial charge in [-0.25, -0.2) is 0 Å². The number of nitrogens with two attached hydrogens (primary N) is 1. The van der Waals surface area contributed by atoms with Crippen molar-refractivity contribution in [2.75, 3.05) is 18.5 Å². The molecule has 0 radical (unpaired) electrons. The first-order valence-electron chi connectivity index (χ1n) is 6.92. The molecular weight excluding hydrogens is 240 g/mol. The first kappa shape index (κ1) is 15.5. The fraction of sp³-hybridized carbons (Fsp3) is 0.533. The second-order valence-electron chi connectivity index (χ2n) is 4.64. The lowest BCUT2D eigenvalue weighted by Crippen LogP contribution is -2.21. The van der Waals surface area contributed by atoms with Crippen LogP contribution >= 0.6 is 0 Å². The van der Waals surface area contributed by atoms with Crippen LogP contribution in [-0.4, -0.2) is 19.1 Å². The lowest BCUT2D eigenvalue weighted by Gasteiger charge is -2.12. The Morgan fingerprint density at radius 3 is 2.84 bits per heavy atom. The maximum Gasteiger partial charge on any atom is 0.224 e. The van der Waals surface area contributed by atoms with E-state index in [4.69, 9.17) is 10.5 Å². The van der Waals surface area contributed by atoms with E-state index in [2.05, 4.69) is 12.2 Å². The quantitative estimate of drug-likeness (QED) is 0.759. The van der Waals surface area contributed by atoms with Crippen molar-refractivity contribution in [1.29, 1.82) is 0 Å². The maximum absolute atomic E-state index is 11.9. The molecule has 0 bridgehead atoms. The van der Waals surface area contributed by atoms with E-state index in [1.165, 1.54) is 0 Å². The summed E-state index contributed by atoms with van der Waals surface area (Å²) in [6, 6.07) is 7.47. The summed E-state index contributed by atoms with van der Waals surface area (Å²) in [6.07, 6.45) is 2.35. The summed E-state index contributed by atoms with van der Waals surface area (Å²) < 4.78 is 5.53. The molecular formula is C15H24N2O2. The van der Waals surface area contributed by atoms with Gasteiger partial charge in [-0.05, 0) is 31.0 Å². The van der Waals surface area contributed by atoms with Crippen LogP contribution in [0.5, 0.6) is 5.75 Å². The summed E-state index contributed by atoms with van der Waals surface area (Å²) in [6.45, 7) is 5.33. The van der Waals surface area contributed by atoms with E-state index in [-0.39, 0.29) is 11.8 Å².